The molecule has 0 saturated heterocycles. The zero-order valence-corrected chi connectivity index (χ0v) is 16.6. The zero-order valence-electron chi connectivity index (χ0n) is 15.8. The zero-order chi connectivity index (χ0) is 20.3. The van der Waals surface area contributed by atoms with E-state index in [0.717, 1.165) is 15.4 Å². The molecule has 9 heteroatoms. The molecule has 0 bridgehead atoms. The van der Waals surface area contributed by atoms with E-state index < -0.39 is 15.9 Å². The standard InChI is InChI=1S/C19H21N5O3S/c1-14-4-6-16(7-5-14)28(26,27)24(3)19-17(13-22-23(19)2)18(25)21-12-15-8-10-20-11-9-15/h4-11,13H,12H2,1-3H3,(H,21,25). The second-order valence-electron chi connectivity index (χ2n) is 6.33. The first-order valence-electron chi connectivity index (χ1n) is 8.55. The molecule has 0 fully saturated rings. The molecule has 1 aromatic carbocycles. The van der Waals surface area contributed by atoms with Gasteiger partial charge in [0.05, 0.1) is 11.1 Å². The van der Waals surface area contributed by atoms with E-state index in [1.165, 1.54) is 17.9 Å². The number of carbonyl (C=O) groups excluding carboxylic acids is 1. The molecule has 1 N–H and O–H groups in total. The number of aryl methyl sites for hydroxylation is 2. The normalized spacial score (nSPS) is 11.2. The fraction of sp³-hybridized carbons (Fsp3) is 0.211. The van der Waals surface area contributed by atoms with Crippen molar-refractivity contribution in [2.24, 2.45) is 7.05 Å². The minimum atomic E-state index is -3.84. The van der Waals surface area contributed by atoms with Gasteiger partial charge in [-0.05, 0) is 36.8 Å². The largest absolute Gasteiger partial charge is 0.348 e. The maximum atomic E-state index is 13.0. The maximum Gasteiger partial charge on any atom is 0.265 e. The Bertz CT molecular complexity index is 1080. The van der Waals surface area contributed by atoms with Crippen LogP contribution in [0.25, 0.3) is 0 Å². The highest BCUT2D eigenvalue weighted by Crippen LogP contribution is 2.25. The second-order valence-corrected chi connectivity index (χ2v) is 8.30. The molecule has 2 aromatic heterocycles. The van der Waals surface area contributed by atoms with Crippen LogP contribution < -0.4 is 9.62 Å². The van der Waals surface area contributed by atoms with E-state index in [0.29, 0.717) is 6.54 Å². The summed E-state index contributed by atoms with van der Waals surface area (Å²) in [5.41, 5.74) is 2.02. The first-order chi connectivity index (χ1) is 13.3. The quantitative estimate of drug-likeness (QED) is 0.683. The average Bonchev–Trinajstić information content (AvgIpc) is 3.08. The van der Waals surface area contributed by atoms with Crippen molar-refractivity contribution in [1.82, 2.24) is 20.1 Å². The van der Waals surface area contributed by atoms with Crippen molar-refractivity contribution in [2.75, 3.05) is 11.4 Å². The number of carbonyl (C=O) groups is 1. The molecule has 0 aliphatic heterocycles. The van der Waals surface area contributed by atoms with Crippen LogP contribution in [0.1, 0.15) is 21.5 Å². The molecular formula is C19H21N5O3S. The molecular weight excluding hydrogens is 378 g/mol. The van der Waals surface area contributed by atoms with Crippen molar-refractivity contribution in [2.45, 2.75) is 18.4 Å². The van der Waals surface area contributed by atoms with Crippen molar-refractivity contribution in [3.05, 3.63) is 71.7 Å². The van der Waals surface area contributed by atoms with Crippen LogP contribution >= 0.6 is 0 Å². The number of rotatable bonds is 6. The summed E-state index contributed by atoms with van der Waals surface area (Å²) in [6, 6.07) is 10.1. The van der Waals surface area contributed by atoms with Crippen LogP contribution in [0.3, 0.4) is 0 Å². The minimum Gasteiger partial charge on any atom is -0.348 e. The first-order valence-corrected chi connectivity index (χ1v) is 9.99. The number of hydrogen-bond acceptors (Lipinski definition) is 5. The first kappa shape index (κ1) is 19.6. The monoisotopic (exact) mass is 399 g/mol. The average molecular weight is 399 g/mol. The van der Waals surface area contributed by atoms with Crippen LogP contribution in [0.2, 0.25) is 0 Å². The van der Waals surface area contributed by atoms with E-state index in [1.807, 2.05) is 6.92 Å². The number of sulfonamides is 1. The molecule has 0 atom stereocenters. The van der Waals surface area contributed by atoms with E-state index in [2.05, 4.69) is 15.4 Å². The molecule has 0 radical (unpaired) electrons. The predicted molar refractivity (Wildman–Crippen MR) is 105 cm³/mol. The second kappa shape index (κ2) is 7.81. The Labute approximate surface area is 163 Å². The van der Waals surface area contributed by atoms with Crippen molar-refractivity contribution >= 4 is 21.7 Å². The van der Waals surface area contributed by atoms with Gasteiger partial charge in [0.25, 0.3) is 15.9 Å². The molecule has 0 spiro atoms. The van der Waals surface area contributed by atoms with E-state index in [9.17, 15) is 13.2 Å². The number of pyridine rings is 1. The predicted octanol–water partition coefficient (Wildman–Crippen LogP) is 1.88. The smallest absolute Gasteiger partial charge is 0.265 e. The molecule has 0 unspecified atom stereocenters. The van der Waals surface area contributed by atoms with Crippen molar-refractivity contribution in [1.29, 1.82) is 0 Å². The summed E-state index contributed by atoms with van der Waals surface area (Å²) in [6.07, 6.45) is 4.64. The summed E-state index contributed by atoms with van der Waals surface area (Å²) >= 11 is 0. The lowest BCUT2D eigenvalue weighted by molar-refractivity contribution is 0.0951. The lowest BCUT2D eigenvalue weighted by Gasteiger charge is -2.21. The van der Waals surface area contributed by atoms with Gasteiger partial charge in [-0.2, -0.15) is 5.10 Å². The Morgan fingerprint density at radius 2 is 1.79 bits per heavy atom. The van der Waals surface area contributed by atoms with Gasteiger partial charge in [-0.3, -0.25) is 18.8 Å². The number of amides is 1. The maximum absolute atomic E-state index is 13.0. The number of nitrogens with one attached hydrogen (secondary N) is 1. The van der Waals surface area contributed by atoms with E-state index in [1.54, 1.807) is 55.8 Å². The SMILES string of the molecule is Cc1ccc(S(=O)(=O)N(C)c2c(C(=O)NCc3ccncc3)cnn2C)cc1. The van der Waals surface area contributed by atoms with Crippen LogP contribution in [-0.4, -0.2) is 36.1 Å². The van der Waals surface area contributed by atoms with Gasteiger partial charge >= 0.3 is 0 Å². The van der Waals surface area contributed by atoms with Crippen molar-refractivity contribution < 1.29 is 13.2 Å². The Balaban J connectivity index is 1.87. The fourth-order valence-electron chi connectivity index (χ4n) is 2.73. The Kier molecular flexibility index (Phi) is 5.46. The molecule has 0 saturated carbocycles. The molecule has 0 aliphatic rings. The number of aromatic nitrogens is 3. The highest BCUT2D eigenvalue weighted by Gasteiger charge is 2.28. The van der Waals surface area contributed by atoms with Crippen LogP contribution in [0.4, 0.5) is 5.82 Å². The van der Waals surface area contributed by atoms with Crippen LogP contribution in [0.5, 0.6) is 0 Å². The summed E-state index contributed by atoms with van der Waals surface area (Å²) in [6.45, 7) is 2.18. The highest BCUT2D eigenvalue weighted by atomic mass is 32.2. The van der Waals surface area contributed by atoms with Gasteiger partial charge in [0.15, 0.2) is 5.82 Å². The Morgan fingerprint density at radius 1 is 1.14 bits per heavy atom. The van der Waals surface area contributed by atoms with Gasteiger partial charge in [-0.25, -0.2) is 8.42 Å². The molecule has 28 heavy (non-hydrogen) atoms. The molecule has 0 aliphatic carbocycles. The molecule has 3 rings (SSSR count). The van der Waals surface area contributed by atoms with E-state index >= 15 is 0 Å². The lowest BCUT2D eigenvalue weighted by atomic mass is 10.2. The third kappa shape index (κ3) is 3.89. The molecule has 2 heterocycles. The van der Waals surface area contributed by atoms with E-state index in [-0.39, 0.29) is 16.3 Å². The molecule has 3 aromatic rings. The van der Waals surface area contributed by atoms with Crippen molar-refractivity contribution in [3.63, 3.8) is 0 Å². The minimum absolute atomic E-state index is 0.143. The number of benzene rings is 1. The van der Waals surface area contributed by atoms with Crippen molar-refractivity contribution in [3.8, 4) is 0 Å². The number of nitrogens with zero attached hydrogens (tertiary/aromatic N) is 4. The van der Waals surface area contributed by atoms with Crippen LogP contribution in [0.15, 0.2) is 59.9 Å². The highest BCUT2D eigenvalue weighted by molar-refractivity contribution is 7.92. The third-order valence-corrected chi connectivity index (χ3v) is 6.09. The van der Waals surface area contributed by atoms with Gasteiger partial charge in [0, 0.05) is 33.0 Å². The van der Waals surface area contributed by atoms with Gasteiger partial charge in [-0.1, -0.05) is 17.7 Å². The van der Waals surface area contributed by atoms with Crippen LogP contribution in [-0.2, 0) is 23.6 Å². The van der Waals surface area contributed by atoms with Gasteiger partial charge in [0.1, 0.15) is 5.56 Å². The summed E-state index contributed by atoms with van der Waals surface area (Å²) in [5, 5.41) is 6.86. The summed E-state index contributed by atoms with van der Waals surface area (Å²) < 4.78 is 28.4. The molecule has 8 nitrogen and oxygen atoms in total. The summed E-state index contributed by atoms with van der Waals surface area (Å²) in [5.74, 6) is -0.223. The Morgan fingerprint density at radius 3 is 2.43 bits per heavy atom. The van der Waals surface area contributed by atoms with E-state index in [4.69, 9.17) is 0 Å². The molecule has 146 valence electrons. The summed E-state index contributed by atoms with van der Waals surface area (Å²) in [7, 11) is -0.838. The van der Waals surface area contributed by atoms with Gasteiger partial charge in [0.2, 0.25) is 0 Å². The van der Waals surface area contributed by atoms with Gasteiger partial charge in [-0.15, -0.1) is 0 Å². The summed E-state index contributed by atoms with van der Waals surface area (Å²) in [4.78, 5) is 16.7. The third-order valence-electron chi connectivity index (χ3n) is 4.33. The fourth-order valence-corrected chi connectivity index (χ4v) is 3.97. The van der Waals surface area contributed by atoms with Gasteiger partial charge < -0.3 is 5.32 Å². The molecule has 1 amide bonds. The van der Waals surface area contributed by atoms with Crippen LogP contribution in [0, 0.1) is 6.92 Å². The number of hydrogen-bond donors (Lipinski definition) is 1. The Hall–Kier alpha value is -3.20. The topological polar surface area (TPSA) is 97.2 Å². The lowest BCUT2D eigenvalue weighted by Crippen LogP contribution is -2.31. The number of anilines is 1.